The summed E-state index contributed by atoms with van der Waals surface area (Å²) in [5.41, 5.74) is -0.299. The summed E-state index contributed by atoms with van der Waals surface area (Å²) >= 11 is 0. The molecule has 1 atom stereocenters. The van der Waals surface area contributed by atoms with Crippen LogP contribution in [0.3, 0.4) is 0 Å². The predicted molar refractivity (Wildman–Crippen MR) is 87.5 cm³/mol. The van der Waals surface area contributed by atoms with Crippen molar-refractivity contribution in [1.29, 1.82) is 0 Å². The van der Waals surface area contributed by atoms with Gasteiger partial charge in [-0.1, -0.05) is 20.8 Å². The van der Waals surface area contributed by atoms with Gasteiger partial charge in [-0.15, -0.1) is 0 Å². The van der Waals surface area contributed by atoms with Gasteiger partial charge in [0.25, 0.3) is 0 Å². The molecule has 0 aliphatic carbocycles. The topological polar surface area (TPSA) is 79.2 Å². The minimum Gasteiger partial charge on any atom is -0.383 e. The largest absolute Gasteiger partial charge is 0.383 e. The van der Waals surface area contributed by atoms with Crippen LogP contribution in [0, 0.1) is 5.41 Å². The number of carbonyl (C=O) groups is 1. The summed E-state index contributed by atoms with van der Waals surface area (Å²) in [4.78, 5) is 12.0. The van der Waals surface area contributed by atoms with Gasteiger partial charge in [0.15, 0.2) is 0 Å². The number of aryl methyl sites for hydroxylation is 1. The lowest BCUT2D eigenvalue weighted by Gasteiger charge is -2.31. The van der Waals surface area contributed by atoms with Gasteiger partial charge < -0.3 is 15.7 Å². The summed E-state index contributed by atoms with van der Waals surface area (Å²) in [6.45, 7) is 8.91. The Bertz CT molecular complexity index is 470. The fraction of sp³-hybridized carbons (Fsp3) is 0.750. The van der Waals surface area contributed by atoms with Crippen LogP contribution in [0.25, 0.3) is 0 Å². The summed E-state index contributed by atoms with van der Waals surface area (Å²) < 4.78 is 1.63. The summed E-state index contributed by atoms with van der Waals surface area (Å²) in [6.07, 6.45) is 6.46. The van der Waals surface area contributed by atoms with Crippen molar-refractivity contribution in [3.63, 3.8) is 0 Å². The monoisotopic (exact) mass is 310 g/mol. The SMILES string of the molecule is CCC(CC)(CC)CNC(=O)NCC(C)(O)c1cnn(C)c1. The van der Waals surface area contributed by atoms with Gasteiger partial charge in [0.1, 0.15) is 5.60 Å². The maximum absolute atomic E-state index is 12.0. The lowest BCUT2D eigenvalue weighted by molar-refractivity contribution is 0.0591. The zero-order chi connectivity index (χ0) is 16.8. The van der Waals surface area contributed by atoms with E-state index in [9.17, 15) is 9.90 Å². The van der Waals surface area contributed by atoms with Gasteiger partial charge >= 0.3 is 6.03 Å². The quantitative estimate of drug-likeness (QED) is 0.688. The zero-order valence-corrected chi connectivity index (χ0v) is 14.4. The highest BCUT2D eigenvalue weighted by Crippen LogP contribution is 2.29. The third-order valence-electron chi connectivity index (χ3n) is 4.79. The zero-order valence-electron chi connectivity index (χ0n) is 14.4. The first kappa shape index (κ1) is 18.5. The summed E-state index contributed by atoms with van der Waals surface area (Å²) in [6, 6.07) is -0.246. The van der Waals surface area contributed by atoms with E-state index in [-0.39, 0.29) is 18.0 Å². The molecule has 0 spiro atoms. The molecule has 0 fully saturated rings. The van der Waals surface area contributed by atoms with Crippen molar-refractivity contribution in [1.82, 2.24) is 20.4 Å². The number of nitrogens with zero attached hydrogens (tertiary/aromatic N) is 2. The van der Waals surface area contributed by atoms with Crippen LogP contribution < -0.4 is 10.6 Å². The Labute approximate surface area is 133 Å². The molecule has 1 heterocycles. The van der Waals surface area contributed by atoms with Crippen molar-refractivity contribution >= 4 is 6.03 Å². The van der Waals surface area contributed by atoms with Gasteiger partial charge in [0.05, 0.1) is 12.7 Å². The van der Waals surface area contributed by atoms with E-state index in [1.807, 2.05) is 0 Å². The Balaban J connectivity index is 2.49. The van der Waals surface area contributed by atoms with Gasteiger partial charge in [-0.25, -0.2) is 4.79 Å². The van der Waals surface area contributed by atoms with Crippen LogP contribution in [0.4, 0.5) is 4.79 Å². The molecule has 1 aromatic heterocycles. The first-order valence-corrected chi connectivity index (χ1v) is 8.01. The molecule has 0 bridgehead atoms. The lowest BCUT2D eigenvalue weighted by Crippen LogP contribution is -2.46. The molecule has 0 saturated carbocycles. The number of amides is 2. The smallest absolute Gasteiger partial charge is 0.314 e. The molecule has 0 aliphatic heterocycles. The van der Waals surface area contributed by atoms with Crippen molar-refractivity contribution in [2.75, 3.05) is 13.1 Å². The number of nitrogens with one attached hydrogen (secondary N) is 2. The van der Waals surface area contributed by atoms with E-state index in [2.05, 4.69) is 36.5 Å². The Hall–Kier alpha value is -1.56. The highest BCUT2D eigenvalue weighted by molar-refractivity contribution is 5.74. The highest BCUT2D eigenvalue weighted by atomic mass is 16.3. The molecule has 6 heteroatoms. The number of urea groups is 1. The molecule has 1 unspecified atom stereocenters. The fourth-order valence-electron chi connectivity index (χ4n) is 2.51. The lowest BCUT2D eigenvalue weighted by atomic mass is 9.80. The van der Waals surface area contributed by atoms with Crippen LogP contribution >= 0.6 is 0 Å². The number of aliphatic hydroxyl groups is 1. The van der Waals surface area contributed by atoms with Crippen LogP contribution in [-0.4, -0.2) is 34.0 Å². The second-order valence-electron chi connectivity index (χ2n) is 6.27. The Kier molecular flexibility index (Phi) is 6.41. The molecule has 1 aromatic rings. The molecule has 0 saturated heterocycles. The maximum Gasteiger partial charge on any atom is 0.314 e. The maximum atomic E-state index is 12.0. The molecule has 0 radical (unpaired) electrons. The van der Waals surface area contributed by atoms with Gasteiger partial charge in [0, 0.05) is 25.4 Å². The molecule has 2 amide bonds. The van der Waals surface area contributed by atoms with Crippen LogP contribution in [0.15, 0.2) is 12.4 Å². The van der Waals surface area contributed by atoms with Crippen molar-refractivity contribution in [3.8, 4) is 0 Å². The average Bonchev–Trinajstić information content (AvgIpc) is 2.95. The number of hydrogen-bond acceptors (Lipinski definition) is 3. The Morgan fingerprint density at radius 2 is 1.77 bits per heavy atom. The van der Waals surface area contributed by atoms with Crippen LogP contribution in [-0.2, 0) is 12.6 Å². The summed E-state index contributed by atoms with van der Waals surface area (Å²) in [7, 11) is 1.79. The molecular formula is C16H30N4O2. The van der Waals surface area contributed by atoms with E-state index in [0.717, 1.165) is 19.3 Å². The molecule has 0 aliphatic rings. The summed E-state index contributed by atoms with van der Waals surface area (Å²) in [5, 5.41) is 20.1. The first-order valence-electron chi connectivity index (χ1n) is 8.01. The number of aromatic nitrogens is 2. The van der Waals surface area contributed by atoms with Crippen molar-refractivity contribution in [3.05, 3.63) is 18.0 Å². The molecule has 22 heavy (non-hydrogen) atoms. The Morgan fingerprint density at radius 3 is 2.23 bits per heavy atom. The van der Waals surface area contributed by atoms with Gasteiger partial charge in [-0.3, -0.25) is 4.68 Å². The van der Waals surface area contributed by atoms with E-state index >= 15 is 0 Å². The van der Waals surface area contributed by atoms with E-state index < -0.39 is 5.60 Å². The first-order chi connectivity index (χ1) is 10.3. The van der Waals surface area contributed by atoms with Crippen molar-refractivity contribution in [2.24, 2.45) is 12.5 Å². The van der Waals surface area contributed by atoms with Crippen molar-refractivity contribution < 1.29 is 9.90 Å². The molecule has 3 N–H and O–H groups in total. The van der Waals surface area contributed by atoms with E-state index in [1.165, 1.54) is 0 Å². The molecule has 0 aromatic carbocycles. The number of hydrogen-bond donors (Lipinski definition) is 3. The second-order valence-corrected chi connectivity index (χ2v) is 6.27. The van der Waals surface area contributed by atoms with Crippen LogP contribution in [0.1, 0.15) is 52.5 Å². The van der Waals surface area contributed by atoms with Crippen LogP contribution in [0.5, 0.6) is 0 Å². The van der Waals surface area contributed by atoms with Crippen LogP contribution in [0.2, 0.25) is 0 Å². The Morgan fingerprint density at radius 1 is 1.23 bits per heavy atom. The number of rotatable bonds is 8. The number of carbonyl (C=O) groups excluding carboxylic acids is 1. The van der Waals surface area contributed by atoms with Gasteiger partial charge in [-0.2, -0.15) is 5.10 Å². The van der Waals surface area contributed by atoms with Crippen molar-refractivity contribution in [2.45, 2.75) is 52.6 Å². The van der Waals surface area contributed by atoms with E-state index in [0.29, 0.717) is 12.1 Å². The molecule has 6 nitrogen and oxygen atoms in total. The normalized spacial score (nSPS) is 14.5. The third kappa shape index (κ3) is 4.73. The van der Waals surface area contributed by atoms with Gasteiger partial charge in [-0.05, 0) is 31.6 Å². The minimum atomic E-state index is -1.14. The molecular weight excluding hydrogens is 280 g/mol. The predicted octanol–water partition coefficient (Wildman–Crippen LogP) is 2.14. The van der Waals surface area contributed by atoms with Gasteiger partial charge in [0.2, 0.25) is 0 Å². The average molecular weight is 310 g/mol. The fourth-order valence-corrected chi connectivity index (χ4v) is 2.51. The highest BCUT2D eigenvalue weighted by Gasteiger charge is 2.27. The standard InChI is InChI=1S/C16H30N4O2/c1-6-16(7-2,8-3)12-18-14(21)17-11-15(4,22)13-9-19-20(5)10-13/h9-10,22H,6-8,11-12H2,1-5H3,(H2,17,18,21). The van der Waals surface area contributed by atoms with E-state index in [4.69, 9.17) is 0 Å². The summed E-state index contributed by atoms with van der Waals surface area (Å²) in [5.74, 6) is 0. The molecule has 1 rings (SSSR count). The third-order valence-corrected chi connectivity index (χ3v) is 4.79. The van der Waals surface area contributed by atoms with E-state index in [1.54, 1.807) is 31.0 Å². The minimum absolute atomic E-state index is 0.141. The second kappa shape index (κ2) is 7.63. The molecule has 126 valence electrons.